The molecule has 15 aromatic carbocycles. The second-order valence-corrected chi connectivity index (χ2v) is 25.9. The average molecular weight is 1330 g/mol. The zero-order valence-corrected chi connectivity index (χ0v) is 56.1. The normalized spacial score (nSPS) is 13.3. The van der Waals surface area contributed by atoms with Gasteiger partial charge in [0.1, 0.15) is 98.9 Å². The Morgan fingerprint density at radius 1 is 0.186 bits per heavy atom. The first kappa shape index (κ1) is 62.7. The van der Waals surface area contributed by atoms with Crippen LogP contribution >= 0.6 is 0 Å². The van der Waals surface area contributed by atoms with Crippen molar-refractivity contribution in [3.63, 3.8) is 0 Å². The molecule has 0 spiro atoms. The Bertz CT molecular complexity index is 5270. The predicted octanol–water partition coefficient (Wildman–Crippen LogP) is 23.2. The molecular formula is C94H70O8. The molecular weight excluding hydrogens is 1260 g/mol. The van der Waals surface area contributed by atoms with Crippen molar-refractivity contribution in [2.75, 3.05) is 0 Å². The van der Waals surface area contributed by atoms with E-state index in [-0.39, 0.29) is 0 Å². The van der Waals surface area contributed by atoms with E-state index in [4.69, 9.17) is 37.9 Å². The third-order valence-electron chi connectivity index (χ3n) is 19.1. The average Bonchev–Trinajstić information content (AvgIpc) is 0.761. The Kier molecular flexibility index (Phi) is 17.6. The summed E-state index contributed by atoms with van der Waals surface area (Å²) >= 11 is 0. The van der Waals surface area contributed by atoms with E-state index in [2.05, 4.69) is 303 Å². The van der Waals surface area contributed by atoms with Crippen molar-refractivity contribution in [2.45, 2.75) is 52.9 Å². The van der Waals surface area contributed by atoms with Crippen LogP contribution in [0.3, 0.4) is 0 Å². The van der Waals surface area contributed by atoms with Crippen LogP contribution in [0.4, 0.5) is 0 Å². The van der Waals surface area contributed by atoms with Crippen molar-refractivity contribution in [2.24, 2.45) is 0 Å². The van der Waals surface area contributed by atoms with Gasteiger partial charge >= 0.3 is 0 Å². The quantitative estimate of drug-likeness (QED) is 0.161. The molecule has 8 heterocycles. The molecule has 8 nitrogen and oxygen atoms in total. The first-order valence-corrected chi connectivity index (χ1v) is 34.6. The molecule has 0 saturated heterocycles. The first-order chi connectivity index (χ1) is 50.5. The predicted molar refractivity (Wildman–Crippen MR) is 411 cm³/mol. The lowest BCUT2D eigenvalue weighted by Crippen LogP contribution is -2.01. The molecule has 8 heteroatoms. The molecule has 494 valence electrons. The zero-order chi connectivity index (χ0) is 68.0. The molecule has 0 fully saturated rings. The molecule has 0 radical (unpaired) electrons. The lowest BCUT2D eigenvalue weighted by Gasteiger charge is -2.20. The van der Waals surface area contributed by atoms with Crippen LogP contribution in [0.1, 0.15) is 66.8 Å². The van der Waals surface area contributed by atoms with Gasteiger partial charge < -0.3 is 37.9 Å². The number of fused-ring (bicyclic) bond motifs is 4. The molecule has 0 amide bonds. The number of rotatable bonds is 4. The van der Waals surface area contributed by atoms with Gasteiger partial charge in [0.2, 0.25) is 0 Å². The van der Waals surface area contributed by atoms with Gasteiger partial charge in [-0.15, -0.1) is 0 Å². The minimum Gasteiger partial charge on any atom is -0.489 e. The first-order valence-electron chi connectivity index (χ1n) is 34.6. The second-order valence-electron chi connectivity index (χ2n) is 25.9. The molecule has 0 unspecified atom stereocenters. The fourth-order valence-corrected chi connectivity index (χ4v) is 13.6. The standard InChI is InChI=1S/C94H70O8/c1-5-13-81-73(9-1)43-49-85-91(81)93-83-15-7-3-11-75(83)45-51-87(93)99-59-69-29-33-71(34-30-69)61-101-89-53-79(95-55-65-21-25-67(26-22-65)57-97-85)47-41-77(89)39-37-63-17-19-64(20-18-63)38-40-78-42-48-80-54-90(78)102-62-72-35-31-70(32-36-72)60-100-88-52-46-76-12-4-8-16-84(76)94(88)92-82-14-6-2-10-74(82)44-50-86(92)98-58-68-27-23-66(24-28-68)56-96-80/h1-54H,55-62H2/b39-37+,40-38+. The van der Waals surface area contributed by atoms with Gasteiger partial charge in [0.15, 0.2) is 0 Å². The summed E-state index contributed by atoms with van der Waals surface area (Å²) in [6.45, 7) is 2.98. The van der Waals surface area contributed by atoms with Gasteiger partial charge in [0.25, 0.3) is 0 Å². The molecule has 8 aliphatic rings. The van der Waals surface area contributed by atoms with Crippen molar-refractivity contribution in [1.82, 2.24) is 0 Å². The van der Waals surface area contributed by atoms with Gasteiger partial charge in [-0.05, 0) is 147 Å². The molecule has 12 bridgehead atoms. The maximum Gasteiger partial charge on any atom is 0.130 e. The topological polar surface area (TPSA) is 73.8 Å². The van der Waals surface area contributed by atoms with E-state index in [0.717, 1.165) is 155 Å². The molecule has 15 aromatic rings. The summed E-state index contributed by atoms with van der Waals surface area (Å²) in [5.74, 6) is 5.99. The molecule has 0 atom stereocenters. The summed E-state index contributed by atoms with van der Waals surface area (Å²) in [7, 11) is 0. The molecule has 23 rings (SSSR count). The largest absolute Gasteiger partial charge is 0.489 e. The smallest absolute Gasteiger partial charge is 0.130 e. The summed E-state index contributed by atoms with van der Waals surface area (Å²) in [5.41, 5.74) is 16.2. The van der Waals surface area contributed by atoms with Gasteiger partial charge in [0, 0.05) is 45.5 Å². The number of benzene rings is 15. The van der Waals surface area contributed by atoms with Crippen molar-refractivity contribution in [3.8, 4) is 68.2 Å². The highest BCUT2D eigenvalue weighted by Gasteiger charge is 2.23. The molecule has 102 heavy (non-hydrogen) atoms. The van der Waals surface area contributed by atoms with Gasteiger partial charge in [0.05, 0.1) is 0 Å². The third kappa shape index (κ3) is 13.7. The monoisotopic (exact) mass is 1330 g/mol. The third-order valence-corrected chi connectivity index (χ3v) is 19.1. The van der Waals surface area contributed by atoms with E-state index >= 15 is 0 Å². The fourth-order valence-electron chi connectivity index (χ4n) is 13.6. The summed E-state index contributed by atoms with van der Waals surface area (Å²) in [6, 6.07) is 105. The van der Waals surface area contributed by atoms with Gasteiger partial charge in [-0.25, -0.2) is 0 Å². The second kappa shape index (κ2) is 28.6. The molecule has 0 N–H and O–H groups in total. The zero-order valence-electron chi connectivity index (χ0n) is 56.1. The fraction of sp³-hybridized carbons (Fsp3) is 0.0851. The Labute approximate surface area is 593 Å². The minimum absolute atomic E-state index is 0.353. The molecule has 0 saturated carbocycles. The van der Waals surface area contributed by atoms with Crippen molar-refractivity contribution >= 4 is 67.4 Å². The summed E-state index contributed by atoms with van der Waals surface area (Å²) in [5, 5.41) is 8.88. The van der Waals surface area contributed by atoms with Crippen LogP contribution in [0.5, 0.6) is 46.0 Å². The van der Waals surface area contributed by atoms with Crippen LogP contribution in [0.25, 0.3) is 89.6 Å². The summed E-state index contributed by atoms with van der Waals surface area (Å²) in [4.78, 5) is 0. The van der Waals surface area contributed by atoms with Crippen LogP contribution < -0.4 is 37.9 Å². The van der Waals surface area contributed by atoms with E-state index in [1.165, 1.54) is 0 Å². The maximum atomic E-state index is 6.84. The van der Waals surface area contributed by atoms with E-state index in [1.807, 2.05) is 24.3 Å². The Morgan fingerprint density at radius 3 is 0.686 bits per heavy atom. The summed E-state index contributed by atoms with van der Waals surface area (Å²) in [6.07, 6.45) is 8.42. The van der Waals surface area contributed by atoms with Gasteiger partial charge in [-0.1, -0.05) is 267 Å². The SMILES string of the molecule is C(=C\c1ccc2cc1OCc1ccc(cc1)COc1ccc3ccccc3c1-c1c(ccc3ccccc13)OCc1ccc(cc1)CO2)/c1ccc(/C=C/c2ccc3cc2OCc2ccc(cc2)COc2ccc4ccccc4c2-c2c(ccc4ccccc24)OCc2ccc(cc2)CO3)cc1. The highest BCUT2D eigenvalue weighted by molar-refractivity contribution is 6.11. The van der Waals surface area contributed by atoms with Crippen LogP contribution in [0.2, 0.25) is 0 Å². The molecule has 8 aliphatic heterocycles. The van der Waals surface area contributed by atoms with Crippen molar-refractivity contribution < 1.29 is 37.9 Å². The van der Waals surface area contributed by atoms with Crippen LogP contribution in [-0.4, -0.2) is 0 Å². The van der Waals surface area contributed by atoms with Gasteiger partial charge in [-0.2, -0.15) is 0 Å². The van der Waals surface area contributed by atoms with Crippen LogP contribution in [0.15, 0.2) is 303 Å². The number of hydrogen-bond donors (Lipinski definition) is 0. The Morgan fingerprint density at radius 2 is 0.422 bits per heavy atom. The number of ether oxygens (including phenoxy) is 8. The number of hydrogen-bond acceptors (Lipinski definition) is 8. The van der Waals surface area contributed by atoms with Crippen LogP contribution in [0, 0.1) is 0 Å². The minimum atomic E-state index is 0.353. The lowest BCUT2D eigenvalue weighted by molar-refractivity contribution is 0.289. The van der Waals surface area contributed by atoms with E-state index in [0.29, 0.717) is 75.9 Å². The maximum absolute atomic E-state index is 6.84. The molecule has 0 aliphatic carbocycles. The summed E-state index contributed by atoms with van der Waals surface area (Å²) < 4.78 is 53.6. The van der Waals surface area contributed by atoms with E-state index < -0.39 is 0 Å². The highest BCUT2D eigenvalue weighted by Crippen LogP contribution is 2.48. The van der Waals surface area contributed by atoms with Gasteiger partial charge in [-0.3, -0.25) is 0 Å². The lowest BCUT2D eigenvalue weighted by atomic mass is 9.92. The molecule has 0 aromatic heterocycles. The highest BCUT2D eigenvalue weighted by atomic mass is 16.5. The van der Waals surface area contributed by atoms with E-state index in [9.17, 15) is 0 Å². The Hall–Kier alpha value is -12.8. The van der Waals surface area contributed by atoms with Crippen LogP contribution in [-0.2, 0) is 52.9 Å². The van der Waals surface area contributed by atoms with E-state index in [1.54, 1.807) is 0 Å². The van der Waals surface area contributed by atoms with Crippen molar-refractivity contribution in [1.29, 1.82) is 0 Å². The van der Waals surface area contributed by atoms with Crippen molar-refractivity contribution in [3.05, 3.63) is 370 Å². The Balaban J connectivity index is 0.605.